The third-order valence-corrected chi connectivity index (χ3v) is 1.91. The molecule has 0 aromatic carbocycles. The lowest BCUT2D eigenvalue weighted by Gasteiger charge is -2.37. The number of rotatable bonds is 2. The molecule has 0 aliphatic heterocycles. The molecule has 10 heavy (non-hydrogen) atoms. The zero-order chi connectivity index (χ0) is 7.78. The molecule has 1 aliphatic carbocycles. The molecule has 0 unspecified atom stereocenters. The standard InChI is InChI=1S/C6H11F2NO/c7-6(8)1-4(2-6)5(10)3-9/h4-5,10H,1-3,9H2/t5-/m1/s1. The van der Waals surface area contributed by atoms with Gasteiger partial charge in [-0.25, -0.2) is 8.78 Å². The molecule has 0 heterocycles. The van der Waals surface area contributed by atoms with Gasteiger partial charge in [-0.2, -0.15) is 0 Å². The van der Waals surface area contributed by atoms with E-state index in [-0.39, 0.29) is 25.3 Å². The van der Waals surface area contributed by atoms with Gasteiger partial charge in [-0.15, -0.1) is 0 Å². The van der Waals surface area contributed by atoms with Gasteiger partial charge in [0.25, 0.3) is 0 Å². The molecular formula is C6H11F2NO. The van der Waals surface area contributed by atoms with E-state index in [1.54, 1.807) is 0 Å². The lowest BCUT2D eigenvalue weighted by molar-refractivity contribution is -0.139. The average Bonchev–Trinajstić information content (AvgIpc) is 1.81. The highest BCUT2D eigenvalue weighted by molar-refractivity contribution is 4.90. The molecule has 0 spiro atoms. The van der Waals surface area contributed by atoms with Crippen molar-refractivity contribution in [3.8, 4) is 0 Å². The molecule has 1 rings (SSSR count). The number of halogens is 2. The molecule has 3 N–H and O–H groups in total. The zero-order valence-corrected chi connectivity index (χ0v) is 5.56. The normalized spacial score (nSPS) is 27.6. The largest absolute Gasteiger partial charge is 0.392 e. The molecule has 0 saturated heterocycles. The van der Waals surface area contributed by atoms with Crippen LogP contribution in [-0.4, -0.2) is 23.7 Å². The van der Waals surface area contributed by atoms with Crippen LogP contribution >= 0.6 is 0 Å². The number of hydrogen-bond donors (Lipinski definition) is 2. The van der Waals surface area contributed by atoms with E-state index in [0.717, 1.165) is 0 Å². The summed E-state index contributed by atoms with van der Waals surface area (Å²) >= 11 is 0. The van der Waals surface area contributed by atoms with E-state index in [4.69, 9.17) is 10.8 Å². The minimum absolute atomic E-state index is 0.0841. The Morgan fingerprint density at radius 2 is 2.10 bits per heavy atom. The summed E-state index contributed by atoms with van der Waals surface area (Å²) in [7, 11) is 0. The van der Waals surface area contributed by atoms with E-state index >= 15 is 0 Å². The molecule has 2 nitrogen and oxygen atoms in total. The molecule has 1 aliphatic rings. The fraction of sp³-hybridized carbons (Fsp3) is 1.00. The van der Waals surface area contributed by atoms with E-state index in [2.05, 4.69) is 0 Å². The highest BCUT2D eigenvalue weighted by Crippen LogP contribution is 2.43. The third kappa shape index (κ3) is 1.44. The van der Waals surface area contributed by atoms with Crippen LogP contribution in [-0.2, 0) is 0 Å². The van der Waals surface area contributed by atoms with Crippen LogP contribution in [0, 0.1) is 5.92 Å². The SMILES string of the molecule is NC[C@@H](O)C1CC(F)(F)C1. The van der Waals surface area contributed by atoms with Gasteiger partial charge >= 0.3 is 0 Å². The van der Waals surface area contributed by atoms with Crippen molar-refractivity contribution in [2.45, 2.75) is 24.9 Å². The molecule has 1 fully saturated rings. The second-order valence-corrected chi connectivity index (χ2v) is 2.83. The molecule has 4 heteroatoms. The number of alkyl halides is 2. The maximum Gasteiger partial charge on any atom is 0.248 e. The van der Waals surface area contributed by atoms with Crippen LogP contribution < -0.4 is 5.73 Å². The van der Waals surface area contributed by atoms with Crippen LogP contribution in [0.3, 0.4) is 0 Å². The fourth-order valence-electron chi connectivity index (χ4n) is 1.17. The Balaban J connectivity index is 2.26. The van der Waals surface area contributed by atoms with Gasteiger partial charge in [-0.3, -0.25) is 0 Å². The van der Waals surface area contributed by atoms with Gasteiger partial charge in [0.15, 0.2) is 0 Å². The second kappa shape index (κ2) is 2.43. The monoisotopic (exact) mass is 151 g/mol. The van der Waals surface area contributed by atoms with Crippen LogP contribution in [0.4, 0.5) is 8.78 Å². The first-order valence-electron chi connectivity index (χ1n) is 3.31. The van der Waals surface area contributed by atoms with Crippen LogP contribution in [0.15, 0.2) is 0 Å². The summed E-state index contributed by atoms with van der Waals surface area (Å²) in [6.07, 6.45) is -1.14. The summed E-state index contributed by atoms with van der Waals surface area (Å²) in [6.45, 7) is 0.0841. The van der Waals surface area contributed by atoms with E-state index < -0.39 is 12.0 Å². The number of hydrogen-bond acceptors (Lipinski definition) is 2. The van der Waals surface area contributed by atoms with Gasteiger partial charge in [0, 0.05) is 19.4 Å². The van der Waals surface area contributed by atoms with Crippen molar-refractivity contribution in [3.05, 3.63) is 0 Å². The van der Waals surface area contributed by atoms with Crippen LogP contribution in [0.25, 0.3) is 0 Å². The highest BCUT2D eigenvalue weighted by Gasteiger charge is 2.47. The lowest BCUT2D eigenvalue weighted by atomic mass is 9.77. The lowest BCUT2D eigenvalue weighted by Crippen LogP contribution is -2.44. The average molecular weight is 151 g/mol. The van der Waals surface area contributed by atoms with Crippen LogP contribution in [0.1, 0.15) is 12.8 Å². The van der Waals surface area contributed by atoms with Crippen molar-refractivity contribution in [3.63, 3.8) is 0 Å². The first-order chi connectivity index (χ1) is 4.55. The zero-order valence-electron chi connectivity index (χ0n) is 5.56. The Morgan fingerprint density at radius 3 is 2.40 bits per heavy atom. The molecule has 0 aromatic heterocycles. The summed E-state index contributed by atoms with van der Waals surface area (Å²) in [6, 6.07) is 0. The molecule has 60 valence electrons. The smallest absolute Gasteiger partial charge is 0.248 e. The first kappa shape index (κ1) is 7.88. The molecule has 0 aromatic rings. The van der Waals surface area contributed by atoms with Gasteiger partial charge in [0.2, 0.25) is 5.92 Å². The van der Waals surface area contributed by atoms with Crippen molar-refractivity contribution < 1.29 is 13.9 Å². The number of nitrogens with two attached hydrogens (primary N) is 1. The van der Waals surface area contributed by atoms with Crippen molar-refractivity contribution in [2.24, 2.45) is 11.7 Å². The molecular weight excluding hydrogens is 140 g/mol. The summed E-state index contributed by atoms with van der Waals surface area (Å²) in [5.41, 5.74) is 5.08. The third-order valence-electron chi connectivity index (χ3n) is 1.91. The second-order valence-electron chi connectivity index (χ2n) is 2.83. The Bertz CT molecular complexity index is 121. The summed E-state index contributed by atoms with van der Waals surface area (Å²) in [4.78, 5) is 0. The van der Waals surface area contributed by atoms with Gasteiger partial charge in [0.1, 0.15) is 0 Å². The van der Waals surface area contributed by atoms with Gasteiger partial charge in [-0.1, -0.05) is 0 Å². The van der Waals surface area contributed by atoms with Crippen molar-refractivity contribution in [1.82, 2.24) is 0 Å². The van der Waals surface area contributed by atoms with Crippen LogP contribution in [0.5, 0.6) is 0 Å². The Labute approximate surface area is 58.0 Å². The predicted octanol–water partition coefficient (Wildman–Crippen LogP) is 0.351. The van der Waals surface area contributed by atoms with Gasteiger partial charge in [0.05, 0.1) is 6.10 Å². The maximum absolute atomic E-state index is 12.1. The fourth-order valence-corrected chi connectivity index (χ4v) is 1.17. The van der Waals surface area contributed by atoms with E-state index in [1.165, 1.54) is 0 Å². The number of aliphatic hydroxyl groups excluding tert-OH is 1. The van der Waals surface area contributed by atoms with E-state index in [0.29, 0.717) is 0 Å². The summed E-state index contributed by atoms with van der Waals surface area (Å²) < 4.78 is 24.3. The van der Waals surface area contributed by atoms with Gasteiger partial charge < -0.3 is 10.8 Å². The minimum Gasteiger partial charge on any atom is -0.392 e. The van der Waals surface area contributed by atoms with E-state index in [1.807, 2.05) is 0 Å². The first-order valence-corrected chi connectivity index (χ1v) is 3.31. The number of aliphatic hydroxyl groups is 1. The predicted molar refractivity (Wildman–Crippen MR) is 32.7 cm³/mol. The molecule has 0 radical (unpaired) electrons. The minimum atomic E-state index is -2.54. The van der Waals surface area contributed by atoms with E-state index in [9.17, 15) is 8.78 Å². The topological polar surface area (TPSA) is 46.2 Å². The van der Waals surface area contributed by atoms with Crippen molar-refractivity contribution >= 4 is 0 Å². The van der Waals surface area contributed by atoms with Crippen molar-refractivity contribution in [1.29, 1.82) is 0 Å². The Morgan fingerprint density at radius 1 is 1.60 bits per heavy atom. The molecule has 1 saturated carbocycles. The Hall–Kier alpha value is -0.220. The quantitative estimate of drug-likeness (QED) is 0.598. The molecule has 1 atom stereocenters. The summed E-state index contributed by atoms with van der Waals surface area (Å²) in [5.74, 6) is -2.82. The van der Waals surface area contributed by atoms with Crippen molar-refractivity contribution in [2.75, 3.05) is 6.54 Å². The Kier molecular flexibility index (Phi) is 1.92. The highest BCUT2D eigenvalue weighted by atomic mass is 19.3. The maximum atomic E-state index is 12.1. The summed E-state index contributed by atoms with van der Waals surface area (Å²) in [5, 5.41) is 8.95. The van der Waals surface area contributed by atoms with Crippen LogP contribution in [0.2, 0.25) is 0 Å². The molecule has 0 amide bonds. The van der Waals surface area contributed by atoms with Gasteiger partial charge in [-0.05, 0) is 5.92 Å². The molecule has 0 bridgehead atoms.